The van der Waals surface area contributed by atoms with E-state index in [0.29, 0.717) is 5.75 Å². The molecule has 0 amide bonds. The molecule has 3 aromatic rings. The van der Waals surface area contributed by atoms with Gasteiger partial charge in [-0.05, 0) is 74.0 Å². The van der Waals surface area contributed by atoms with Gasteiger partial charge in [-0.1, -0.05) is 42.1 Å². The maximum Gasteiger partial charge on any atom is 0.269 e. The number of para-hydroxylation sites is 1. The van der Waals surface area contributed by atoms with Crippen molar-refractivity contribution in [1.82, 2.24) is 14.8 Å². The maximum atomic E-state index is 10.9. The van der Waals surface area contributed by atoms with E-state index >= 15 is 0 Å². The fourth-order valence-electron chi connectivity index (χ4n) is 6.76. The second-order valence-corrected chi connectivity index (χ2v) is 10.8. The van der Waals surface area contributed by atoms with Crippen LogP contribution < -0.4 is 0 Å². The second kappa shape index (κ2) is 7.73. The van der Waals surface area contributed by atoms with Crippen molar-refractivity contribution in [3.63, 3.8) is 0 Å². The van der Waals surface area contributed by atoms with Crippen LogP contribution in [0, 0.1) is 27.9 Å². The van der Waals surface area contributed by atoms with E-state index in [0.717, 1.165) is 40.0 Å². The van der Waals surface area contributed by atoms with Gasteiger partial charge in [0.25, 0.3) is 5.69 Å². The normalized spacial score (nSPS) is 28.2. The first-order valence-corrected chi connectivity index (χ1v) is 12.5. The van der Waals surface area contributed by atoms with Crippen molar-refractivity contribution in [2.24, 2.45) is 17.8 Å². The van der Waals surface area contributed by atoms with Crippen LogP contribution in [0.1, 0.15) is 49.9 Å². The first-order chi connectivity index (χ1) is 15.6. The number of benzene rings is 2. The summed E-state index contributed by atoms with van der Waals surface area (Å²) < 4.78 is 2.29. The maximum absolute atomic E-state index is 10.9. The highest BCUT2D eigenvalue weighted by atomic mass is 32.2. The molecule has 1 aromatic heterocycles. The van der Waals surface area contributed by atoms with Crippen LogP contribution >= 0.6 is 11.8 Å². The third kappa shape index (κ3) is 3.43. The summed E-state index contributed by atoms with van der Waals surface area (Å²) in [5, 5.41) is 21.4. The molecular weight excluding hydrogens is 420 g/mol. The van der Waals surface area contributed by atoms with Crippen molar-refractivity contribution in [2.75, 3.05) is 0 Å². The van der Waals surface area contributed by atoms with Crippen LogP contribution in [-0.2, 0) is 11.2 Å². The summed E-state index contributed by atoms with van der Waals surface area (Å²) in [6, 6.07) is 17.3. The van der Waals surface area contributed by atoms with Gasteiger partial charge in [0.05, 0.1) is 4.92 Å². The number of nitro benzene ring substituents is 1. The highest BCUT2D eigenvalue weighted by Gasteiger charge is 2.54. The molecule has 0 saturated heterocycles. The summed E-state index contributed by atoms with van der Waals surface area (Å²) in [6.07, 6.45) is 7.95. The summed E-state index contributed by atoms with van der Waals surface area (Å²) in [6.45, 7) is 0. The van der Waals surface area contributed by atoms with Gasteiger partial charge >= 0.3 is 0 Å². The predicted molar refractivity (Wildman–Crippen MR) is 124 cm³/mol. The van der Waals surface area contributed by atoms with E-state index in [-0.39, 0.29) is 16.0 Å². The Balaban J connectivity index is 1.34. The molecule has 0 unspecified atom stereocenters. The second-order valence-electron chi connectivity index (χ2n) is 9.89. The van der Waals surface area contributed by atoms with E-state index in [1.807, 2.05) is 18.2 Å². The van der Waals surface area contributed by atoms with Gasteiger partial charge in [-0.2, -0.15) is 0 Å². The zero-order chi connectivity index (χ0) is 21.7. The van der Waals surface area contributed by atoms with Crippen LogP contribution in [0.3, 0.4) is 0 Å². The molecule has 0 spiro atoms. The van der Waals surface area contributed by atoms with E-state index in [1.54, 1.807) is 23.9 Å². The molecule has 7 heteroatoms. The lowest BCUT2D eigenvalue weighted by atomic mass is 9.49. The van der Waals surface area contributed by atoms with Crippen molar-refractivity contribution >= 4 is 17.4 Å². The molecular formula is C25H26N4O2S. The van der Waals surface area contributed by atoms with Gasteiger partial charge in [-0.15, -0.1) is 10.2 Å². The summed E-state index contributed by atoms with van der Waals surface area (Å²) in [5.74, 6) is 4.38. The molecule has 0 radical (unpaired) electrons. The standard InChI is InChI=1S/C25H26N4O2S/c30-29(31)22-8-6-17(7-9-22)16-32-24-27-26-23(28(24)21-4-2-1-3-5-21)25-13-18-10-19(14-25)12-20(11-18)15-25/h1-9,18-20H,10-16H2. The molecule has 4 saturated carbocycles. The topological polar surface area (TPSA) is 73.8 Å². The molecule has 4 aliphatic carbocycles. The molecule has 7 rings (SSSR count). The van der Waals surface area contributed by atoms with Crippen molar-refractivity contribution in [1.29, 1.82) is 0 Å². The van der Waals surface area contributed by atoms with E-state index in [1.165, 1.54) is 38.5 Å². The highest BCUT2D eigenvalue weighted by Crippen LogP contribution is 2.60. The van der Waals surface area contributed by atoms with Gasteiger partial charge in [0, 0.05) is 29.0 Å². The van der Waals surface area contributed by atoms with Gasteiger partial charge in [0.15, 0.2) is 5.16 Å². The quantitative estimate of drug-likeness (QED) is 0.266. The van der Waals surface area contributed by atoms with Gasteiger partial charge in [0.2, 0.25) is 0 Å². The Kier molecular flexibility index (Phi) is 4.82. The molecule has 4 aliphatic rings. The van der Waals surface area contributed by atoms with Crippen molar-refractivity contribution < 1.29 is 4.92 Å². The molecule has 32 heavy (non-hydrogen) atoms. The van der Waals surface area contributed by atoms with Gasteiger partial charge in [-0.3, -0.25) is 14.7 Å². The fraction of sp³-hybridized carbons (Fsp3) is 0.440. The average Bonchev–Trinajstić information content (AvgIpc) is 3.23. The Hall–Kier alpha value is -2.67. The molecule has 0 N–H and O–H groups in total. The monoisotopic (exact) mass is 446 g/mol. The lowest BCUT2D eigenvalue weighted by molar-refractivity contribution is -0.384. The minimum Gasteiger partial charge on any atom is -0.274 e. The van der Waals surface area contributed by atoms with Crippen molar-refractivity contribution in [2.45, 2.75) is 54.8 Å². The number of hydrogen-bond donors (Lipinski definition) is 0. The lowest BCUT2D eigenvalue weighted by Crippen LogP contribution is -2.49. The number of nitrogens with zero attached hydrogens (tertiary/aromatic N) is 4. The third-order valence-corrected chi connectivity index (χ3v) is 8.68. The Labute approximate surface area is 191 Å². The number of nitro groups is 1. The van der Waals surface area contributed by atoms with Crippen LogP contribution in [0.15, 0.2) is 59.8 Å². The molecule has 6 nitrogen and oxygen atoms in total. The highest BCUT2D eigenvalue weighted by molar-refractivity contribution is 7.98. The summed E-state index contributed by atoms with van der Waals surface area (Å²) in [4.78, 5) is 10.6. The van der Waals surface area contributed by atoms with Gasteiger partial charge in [0.1, 0.15) is 5.82 Å². The fourth-order valence-corrected chi connectivity index (χ4v) is 7.67. The largest absolute Gasteiger partial charge is 0.274 e. The molecule has 2 aromatic carbocycles. The Bertz CT molecular complexity index is 1110. The van der Waals surface area contributed by atoms with Crippen LogP contribution in [0.2, 0.25) is 0 Å². The van der Waals surface area contributed by atoms with E-state index < -0.39 is 0 Å². The van der Waals surface area contributed by atoms with E-state index in [4.69, 9.17) is 5.10 Å². The SMILES string of the molecule is O=[N+]([O-])c1ccc(CSc2nnc(C34CC5CC(CC(C5)C3)C4)n2-c2ccccc2)cc1. The van der Waals surface area contributed by atoms with Gasteiger partial charge in [-0.25, -0.2) is 0 Å². The van der Waals surface area contributed by atoms with Crippen molar-refractivity contribution in [3.8, 4) is 5.69 Å². The minimum atomic E-state index is -0.360. The Morgan fingerprint density at radius 2 is 1.56 bits per heavy atom. The molecule has 0 atom stereocenters. The van der Waals surface area contributed by atoms with E-state index in [9.17, 15) is 10.1 Å². The van der Waals surface area contributed by atoms with Crippen LogP contribution in [0.4, 0.5) is 5.69 Å². The van der Waals surface area contributed by atoms with Crippen LogP contribution in [0.5, 0.6) is 0 Å². The number of aromatic nitrogens is 3. The zero-order valence-corrected chi connectivity index (χ0v) is 18.7. The number of hydrogen-bond acceptors (Lipinski definition) is 5. The molecule has 1 heterocycles. The minimum absolute atomic E-state index is 0.121. The molecule has 4 fully saturated rings. The Morgan fingerprint density at radius 1 is 0.938 bits per heavy atom. The zero-order valence-electron chi connectivity index (χ0n) is 17.9. The molecule has 4 bridgehead atoms. The van der Waals surface area contributed by atoms with E-state index in [2.05, 4.69) is 33.9 Å². The molecule has 164 valence electrons. The lowest BCUT2D eigenvalue weighted by Gasteiger charge is -2.56. The number of rotatable bonds is 6. The summed E-state index contributed by atoms with van der Waals surface area (Å²) >= 11 is 1.65. The first kappa shape index (κ1) is 20.0. The summed E-state index contributed by atoms with van der Waals surface area (Å²) in [5.41, 5.74) is 2.44. The smallest absolute Gasteiger partial charge is 0.269 e. The van der Waals surface area contributed by atoms with Gasteiger partial charge < -0.3 is 0 Å². The first-order valence-electron chi connectivity index (χ1n) is 11.5. The molecule has 0 aliphatic heterocycles. The number of non-ortho nitro benzene ring substituents is 1. The third-order valence-electron chi connectivity index (χ3n) is 7.68. The summed E-state index contributed by atoms with van der Waals surface area (Å²) in [7, 11) is 0. The predicted octanol–water partition coefficient (Wildman–Crippen LogP) is 5.94. The van der Waals surface area contributed by atoms with Crippen LogP contribution in [-0.4, -0.2) is 19.7 Å². The number of thioether (sulfide) groups is 1. The average molecular weight is 447 g/mol. The Morgan fingerprint density at radius 3 is 2.16 bits per heavy atom. The van der Waals surface area contributed by atoms with Crippen LogP contribution in [0.25, 0.3) is 5.69 Å². The van der Waals surface area contributed by atoms with Crippen molar-refractivity contribution in [3.05, 3.63) is 76.1 Å².